The summed E-state index contributed by atoms with van der Waals surface area (Å²) in [6.45, 7) is 4.64. The first-order valence-electron chi connectivity index (χ1n) is 16.1. The molecule has 0 aromatic heterocycles. The Kier molecular flexibility index (Phi) is 7.37. The van der Waals surface area contributed by atoms with Gasteiger partial charge in [0.2, 0.25) is 0 Å². The minimum Gasteiger partial charge on any atom is -0.484 e. The third kappa shape index (κ3) is 4.90. The maximum absolute atomic E-state index is 12.0. The molecule has 2 aromatic carbocycles. The SMILES string of the molecule is CC(=O)Oc1ccc2c3c1O[C@H]1[C@@H](N(C)CCCCCCc4ccccc4)CC[C@H]4[C@@H](C2)N(CC2CC2O)CC[C@@]341. The van der Waals surface area contributed by atoms with E-state index in [1.165, 1.54) is 62.1 Å². The van der Waals surface area contributed by atoms with E-state index in [0.29, 0.717) is 29.7 Å². The van der Waals surface area contributed by atoms with Gasteiger partial charge in [0, 0.05) is 42.4 Å². The number of nitrogens with zero attached hydrogens (tertiary/aromatic N) is 2. The van der Waals surface area contributed by atoms with Gasteiger partial charge in [0.25, 0.3) is 0 Å². The molecule has 1 N–H and O–H groups in total. The van der Waals surface area contributed by atoms with Crippen LogP contribution in [0.15, 0.2) is 42.5 Å². The molecular formula is C35H46N2O4. The van der Waals surface area contributed by atoms with Gasteiger partial charge in [0.05, 0.1) is 6.10 Å². The normalized spacial score (nSPS) is 32.9. The fraction of sp³-hybridized carbons (Fsp3) is 0.629. The van der Waals surface area contributed by atoms with Crippen molar-refractivity contribution in [2.24, 2.45) is 11.8 Å². The Morgan fingerprint density at radius 1 is 1.12 bits per heavy atom. The average molecular weight is 559 g/mol. The van der Waals surface area contributed by atoms with Gasteiger partial charge in [0.1, 0.15) is 6.10 Å². The third-order valence-corrected chi connectivity index (χ3v) is 11.1. The van der Waals surface area contributed by atoms with Crippen LogP contribution < -0.4 is 9.47 Å². The number of aryl methyl sites for hydroxylation is 1. The molecule has 2 unspecified atom stereocenters. The zero-order valence-electron chi connectivity index (χ0n) is 24.8. The Balaban J connectivity index is 1.08. The van der Waals surface area contributed by atoms with Gasteiger partial charge in [-0.1, -0.05) is 49.2 Å². The highest BCUT2D eigenvalue weighted by atomic mass is 16.6. The van der Waals surface area contributed by atoms with Crippen LogP contribution in [0.5, 0.6) is 11.5 Å². The minimum absolute atomic E-state index is 0.0186. The Hall–Kier alpha value is -2.41. The summed E-state index contributed by atoms with van der Waals surface area (Å²) >= 11 is 0. The number of hydrogen-bond donors (Lipinski definition) is 1. The number of carbonyl (C=O) groups excluding carboxylic acids is 1. The van der Waals surface area contributed by atoms with Crippen molar-refractivity contribution in [3.63, 3.8) is 0 Å². The van der Waals surface area contributed by atoms with Crippen LogP contribution in [-0.2, 0) is 23.1 Å². The van der Waals surface area contributed by atoms with Gasteiger partial charge in [0.15, 0.2) is 11.5 Å². The fourth-order valence-electron chi connectivity index (χ4n) is 9.08. The average Bonchev–Trinajstić information content (AvgIpc) is 3.54. The second kappa shape index (κ2) is 11.0. The van der Waals surface area contributed by atoms with Gasteiger partial charge in [-0.05, 0) is 94.6 Å². The van der Waals surface area contributed by atoms with Crippen LogP contribution in [0.4, 0.5) is 0 Å². The molecule has 2 aromatic rings. The molecule has 0 radical (unpaired) electrons. The van der Waals surface area contributed by atoms with E-state index < -0.39 is 0 Å². The van der Waals surface area contributed by atoms with Crippen molar-refractivity contribution < 1.29 is 19.4 Å². The summed E-state index contributed by atoms with van der Waals surface area (Å²) < 4.78 is 12.7. The van der Waals surface area contributed by atoms with Gasteiger partial charge >= 0.3 is 5.97 Å². The summed E-state index contributed by atoms with van der Waals surface area (Å²) in [5, 5.41) is 10.1. The number of aliphatic hydroxyl groups excluding tert-OH is 1. The number of likely N-dealkylation sites (N-methyl/N-ethyl adjacent to an activating group) is 1. The topological polar surface area (TPSA) is 62.2 Å². The van der Waals surface area contributed by atoms with Crippen LogP contribution in [0, 0.1) is 11.8 Å². The lowest BCUT2D eigenvalue weighted by molar-refractivity contribution is -0.132. The summed E-state index contributed by atoms with van der Waals surface area (Å²) in [5.74, 6) is 2.14. The van der Waals surface area contributed by atoms with Crippen molar-refractivity contribution in [2.45, 2.75) is 101 Å². The Bertz CT molecular complexity index is 1270. The molecule has 7 atom stereocenters. The van der Waals surface area contributed by atoms with Crippen LogP contribution in [0.2, 0.25) is 0 Å². The number of ether oxygens (including phenoxy) is 2. The molecule has 2 saturated carbocycles. The first-order chi connectivity index (χ1) is 20.0. The van der Waals surface area contributed by atoms with Crippen LogP contribution >= 0.6 is 0 Å². The zero-order valence-corrected chi connectivity index (χ0v) is 24.8. The molecule has 3 fully saturated rings. The van der Waals surface area contributed by atoms with Gasteiger partial charge in [-0.25, -0.2) is 0 Å². The lowest BCUT2D eigenvalue weighted by atomic mass is 9.51. The maximum atomic E-state index is 12.0. The highest BCUT2D eigenvalue weighted by Crippen LogP contribution is 2.64. The van der Waals surface area contributed by atoms with Gasteiger partial charge < -0.3 is 14.6 Å². The van der Waals surface area contributed by atoms with E-state index in [4.69, 9.17) is 9.47 Å². The smallest absolute Gasteiger partial charge is 0.308 e. The van der Waals surface area contributed by atoms with Gasteiger partial charge in [-0.3, -0.25) is 14.6 Å². The largest absolute Gasteiger partial charge is 0.484 e. The number of hydrogen-bond acceptors (Lipinski definition) is 6. The number of piperidine rings is 1. The Labute approximate surface area is 245 Å². The van der Waals surface area contributed by atoms with E-state index in [2.05, 4.69) is 53.2 Å². The first kappa shape index (κ1) is 27.4. The number of esters is 1. The molecule has 6 heteroatoms. The molecule has 2 heterocycles. The Morgan fingerprint density at radius 3 is 2.71 bits per heavy atom. The monoisotopic (exact) mass is 558 g/mol. The quantitative estimate of drug-likeness (QED) is 0.234. The summed E-state index contributed by atoms with van der Waals surface area (Å²) in [6.07, 6.45) is 11.5. The van der Waals surface area contributed by atoms with E-state index in [9.17, 15) is 9.90 Å². The highest BCUT2D eigenvalue weighted by Gasteiger charge is 2.66. The number of likely N-dealkylation sites (tertiary alicyclic amines) is 1. The van der Waals surface area contributed by atoms with Gasteiger partial charge in [-0.15, -0.1) is 0 Å². The summed E-state index contributed by atoms with van der Waals surface area (Å²) in [7, 11) is 2.30. The molecule has 1 saturated heterocycles. The molecule has 7 rings (SSSR count). The molecule has 41 heavy (non-hydrogen) atoms. The minimum atomic E-state index is -0.291. The maximum Gasteiger partial charge on any atom is 0.308 e. The van der Waals surface area contributed by atoms with Crippen LogP contribution in [0.3, 0.4) is 0 Å². The van der Waals surface area contributed by atoms with Crippen LogP contribution in [0.25, 0.3) is 0 Å². The van der Waals surface area contributed by atoms with E-state index in [-0.39, 0.29) is 23.6 Å². The number of carbonyl (C=O) groups is 1. The van der Waals surface area contributed by atoms with Crippen LogP contribution in [0.1, 0.15) is 75.0 Å². The molecule has 2 bridgehead atoms. The molecule has 0 amide bonds. The second-order valence-electron chi connectivity index (χ2n) is 13.6. The van der Waals surface area contributed by atoms with Gasteiger partial charge in [-0.2, -0.15) is 0 Å². The second-order valence-corrected chi connectivity index (χ2v) is 13.6. The highest BCUT2D eigenvalue weighted by molar-refractivity contribution is 5.72. The molecular weight excluding hydrogens is 512 g/mol. The predicted octanol–water partition coefficient (Wildman–Crippen LogP) is 5.14. The molecule has 6 nitrogen and oxygen atoms in total. The van der Waals surface area contributed by atoms with E-state index in [1.54, 1.807) is 0 Å². The molecule has 3 aliphatic carbocycles. The van der Waals surface area contributed by atoms with E-state index >= 15 is 0 Å². The lowest BCUT2D eigenvalue weighted by Gasteiger charge is -2.60. The lowest BCUT2D eigenvalue weighted by Crippen LogP contribution is -2.68. The molecule has 2 aliphatic heterocycles. The standard InChI is InChI=1S/C35H46N2O4/c1-23(38)40-31-16-13-25-20-29-27-14-15-28(36(2)18-9-4-3-6-10-24-11-7-5-8-12-24)34-35(27,32(25)33(31)41-34)17-19-37(29)22-26-21-30(26)39/h5,7-8,11-13,16,26-30,34,39H,3-4,6,9-10,14-15,17-22H2,1-2H3/t26?,27-,28-,29+,30?,34-,35-/m0/s1. The van der Waals surface area contributed by atoms with E-state index in [1.807, 2.05) is 6.07 Å². The predicted molar refractivity (Wildman–Crippen MR) is 159 cm³/mol. The number of benzene rings is 2. The van der Waals surface area contributed by atoms with Crippen molar-refractivity contribution in [3.8, 4) is 11.5 Å². The number of aliphatic hydroxyl groups is 1. The Morgan fingerprint density at radius 2 is 1.93 bits per heavy atom. The van der Waals surface area contributed by atoms with E-state index in [0.717, 1.165) is 51.1 Å². The molecule has 5 aliphatic rings. The van der Waals surface area contributed by atoms with Crippen molar-refractivity contribution in [1.82, 2.24) is 9.80 Å². The number of rotatable bonds is 11. The molecule has 1 spiro atoms. The third-order valence-electron chi connectivity index (χ3n) is 11.1. The fourth-order valence-corrected chi connectivity index (χ4v) is 9.08. The van der Waals surface area contributed by atoms with Crippen molar-refractivity contribution >= 4 is 5.97 Å². The van der Waals surface area contributed by atoms with Crippen molar-refractivity contribution in [3.05, 3.63) is 59.2 Å². The molecule has 220 valence electrons. The first-order valence-corrected chi connectivity index (χ1v) is 16.1. The van der Waals surface area contributed by atoms with Crippen LogP contribution in [-0.4, -0.2) is 71.8 Å². The van der Waals surface area contributed by atoms with Crippen molar-refractivity contribution in [1.29, 1.82) is 0 Å². The zero-order chi connectivity index (χ0) is 28.1. The summed E-state index contributed by atoms with van der Waals surface area (Å²) in [4.78, 5) is 17.3. The summed E-state index contributed by atoms with van der Waals surface area (Å²) in [6, 6.07) is 15.8. The summed E-state index contributed by atoms with van der Waals surface area (Å²) in [5.41, 5.74) is 4.15. The number of unbranched alkanes of at least 4 members (excludes halogenated alkanes) is 3. The van der Waals surface area contributed by atoms with Crippen molar-refractivity contribution in [2.75, 3.05) is 26.7 Å².